The second-order valence-electron chi connectivity index (χ2n) is 5.35. The van der Waals surface area contributed by atoms with Crippen LogP contribution in [0.25, 0.3) is 0 Å². The Labute approximate surface area is 129 Å². The molecule has 1 aromatic carbocycles. The molecular weight excluding hydrogens is 286 g/mol. The quantitative estimate of drug-likeness (QED) is 0.879. The number of ether oxygens (including phenoxy) is 3. The summed E-state index contributed by atoms with van der Waals surface area (Å²) in [5.74, 6) is 1.95. The van der Waals surface area contributed by atoms with Gasteiger partial charge in [-0.05, 0) is 32.0 Å². The topological polar surface area (TPSA) is 72.1 Å². The normalized spacial score (nSPS) is 19.5. The molecule has 7 heteroatoms. The van der Waals surface area contributed by atoms with Crippen molar-refractivity contribution in [2.45, 2.75) is 19.5 Å². The van der Waals surface area contributed by atoms with Gasteiger partial charge in [-0.25, -0.2) is 4.79 Å². The number of amides is 2. The Morgan fingerprint density at radius 1 is 1.50 bits per heavy atom. The Morgan fingerprint density at radius 2 is 2.32 bits per heavy atom. The third kappa shape index (κ3) is 2.41. The molecule has 0 aliphatic carbocycles. The fourth-order valence-electron chi connectivity index (χ4n) is 2.95. The van der Waals surface area contributed by atoms with Gasteiger partial charge in [0, 0.05) is 18.7 Å². The number of rotatable bonds is 3. The molecule has 120 valence electrons. The molecular formula is C15H21N3O4. The number of hydrogen-bond donors (Lipinski definition) is 2. The molecule has 0 radical (unpaired) electrons. The zero-order chi connectivity index (χ0) is 15.7. The van der Waals surface area contributed by atoms with E-state index >= 15 is 0 Å². The zero-order valence-corrected chi connectivity index (χ0v) is 13.1. The maximum absolute atomic E-state index is 12.0. The highest BCUT2D eigenvalue weighted by atomic mass is 16.7. The molecule has 2 heterocycles. The lowest BCUT2D eigenvalue weighted by Crippen LogP contribution is -2.47. The first-order valence-corrected chi connectivity index (χ1v) is 7.39. The average Bonchev–Trinajstić information content (AvgIpc) is 2.96. The van der Waals surface area contributed by atoms with Gasteiger partial charge in [-0.2, -0.15) is 0 Å². The highest BCUT2D eigenvalue weighted by molar-refractivity contribution is 5.75. The van der Waals surface area contributed by atoms with Gasteiger partial charge in [-0.1, -0.05) is 0 Å². The van der Waals surface area contributed by atoms with Gasteiger partial charge >= 0.3 is 6.03 Å². The maximum atomic E-state index is 12.0. The fourth-order valence-corrected chi connectivity index (χ4v) is 2.95. The molecule has 0 aromatic heterocycles. The van der Waals surface area contributed by atoms with Crippen molar-refractivity contribution in [1.82, 2.24) is 15.5 Å². The maximum Gasteiger partial charge on any atom is 0.316 e. The summed E-state index contributed by atoms with van der Waals surface area (Å²) in [7, 11) is 3.58. The van der Waals surface area contributed by atoms with Crippen molar-refractivity contribution < 1.29 is 19.0 Å². The molecule has 22 heavy (non-hydrogen) atoms. The molecule has 0 unspecified atom stereocenters. The lowest BCUT2D eigenvalue weighted by molar-refractivity contribution is 0.169. The number of nitrogens with one attached hydrogen (secondary N) is 2. The van der Waals surface area contributed by atoms with Crippen molar-refractivity contribution in [3.05, 3.63) is 17.2 Å². The van der Waals surface area contributed by atoms with E-state index in [-0.39, 0.29) is 19.0 Å². The minimum atomic E-state index is -0.264. The smallest absolute Gasteiger partial charge is 0.316 e. The van der Waals surface area contributed by atoms with Gasteiger partial charge in [0.1, 0.15) is 6.17 Å². The van der Waals surface area contributed by atoms with Crippen LogP contribution >= 0.6 is 0 Å². The lowest BCUT2D eigenvalue weighted by Gasteiger charge is -2.36. The van der Waals surface area contributed by atoms with Gasteiger partial charge in [0.05, 0.1) is 7.11 Å². The third-order valence-electron chi connectivity index (χ3n) is 4.00. The molecule has 7 nitrogen and oxygen atoms in total. The standard InChI is InChI=1S/C15H21N3O4/c1-4-16-15(19)17-14-11-9(5-6-18(14)2)7-10-12(13(11)20-3)22-8-21-10/h7,14H,4-6,8H2,1-3H3,(H2,16,17,19)/t14-/m0/s1. The number of likely N-dealkylation sites (N-methyl/N-ethyl adjacent to an activating group) is 1. The number of hydrogen-bond acceptors (Lipinski definition) is 5. The van der Waals surface area contributed by atoms with E-state index in [0.717, 1.165) is 24.1 Å². The van der Waals surface area contributed by atoms with Gasteiger partial charge in [-0.3, -0.25) is 4.90 Å². The Bertz CT molecular complexity index is 591. The van der Waals surface area contributed by atoms with Crippen LogP contribution in [0.15, 0.2) is 6.07 Å². The second-order valence-corrected chi connectivity index (χ2v) is 5.35. The summed E-state index contributed by atoms with van der Waals surface area (Å²) in [6.07, 6.45) is 0.603. The number of carbonyl (C=O) groups excluding carboxylic acids is 1. The molecule has 0 spiro atoms. The summed E-state index contributed by atoms with van der Waals surface area (Å²) >= 11 is 0. The predicted octanol–water partition coefficient (Wildman–Crippen LogP) is 1.23. The van der Waals surface area contributed by atoms with Crippen LogP contribution in [0.2, 0.25) is 0 Å². The van der Waals surface area contributed by atoms with E-state index in [2.05, 4.69) is 15.5 Å². The summed E-state index contributed by atoms with van der Waals surface area (Å²) in [4.78, 5) is 14.0. The lowest BCUT2D eigenvalue weighted by atomic mass is 9.95. The Morgan fingerprint density at radius 3 is 3.05 bits per heavy atom. The van der Waals surface area contributed by atoms with E-state index in [1.54, 1.807) is 7.11 Å². The molecule has 2 N–H and O–H groups in total. The van der Waals surface area contributed by atoms with Crippen molar-refractivity contribution in [3.8, 4) is 17.2 Å². The van der Waals surface area contributed by atoms with E-state index in [9.17, 15) is 4.79 Å². The van der Waals surface area contributed by atoms with Crippen LogP contribution in [0.3, 0.4) is 0 Å². The number of benzene rings is 1. The van der Waals surface area contributed by atoms with Gasteiger partial charge < -0.3 is 24.8 Å². The minimum absolute atomic E-state index is 0.193. The number of methoxy groups -OCH3 is 1. The molecule has 0 fully saturated rings. The van der Waals surface area contributed by atoms with Crippen molar-refractivity contribution in [2.24, 2.45) is 0 Å². The van der Waals surface area contributed by atoms with Crippen LogP contribution in [0.5, 0.6) is 17.2 Å². The van der Waals surface area contributed by atoms with E-state index in [1.165, 1.54) is 0 Å². The Kier molecular flexibility index (Phi) is 3.98. The van der Waals surface area contributed by atoms with Crippen LogP contribution in [-0.2, 0) is 6.42 Å². The van der Waals surface area contributed by atoms with Crippen LogP contribution < -0.4 is 24.8 Å². The molecule has 2 aliphatic rings. The van der Waals surface area contributed by atoms with E-state index < -0.39 is 0 Å². The number of urea groups is 1. The fraction of sp³-hybridized carbons (Fsp3) is 0.533. The monoisotopic (exact) mass is 307 g/mol. The SMILES string of the molecule is CCNC(=O)N[C@@H]1c2c(cc3c(c2OC)OCO3)CCN1C. The zero-order valence-electron chi connectivity index (χ0n) is 13.1. The first kappa shape index (κ1) is 14.8. The number of carbonyl (C=O) groups is 1. The molecule has 0 saturated heterocycles. The van der Waals surface area contributed by atoms with Crippen LogP contribution in [0, 0.1) is 0 Å². The average molecular weight is 307 g/mol. The molecule has 1 aromatic rings. The van der Waals surface area contributed by atoms with Crippen LogP contribution in [0.4, 0.5) is 4.79 Å². The molecule has 2 aliphatic heterocycles. The number of nitrogens with zero attached hydrogens (tertiary/aromatic N) is 1. The first-order chi connectivity index (χ1) is 10.7. The van der Waals surface area contributed by atoms with Crippen LogP contribution in [-0.4, -0.2) is 45.0 Å². The Balaban J connectivity index is 2.02. The van der Waals surface area contributed by atoms with E-state index in [4.69, 9.17) is 14.2 Å². The summed E-state index contributed by atoms with van der Waals surface area (Å²) in [5.41, 5.74) is 2.05. The van der Waals surface area contributed by atoms with Crippen molar-refractivity contribution in [3.63, 3.8) is 0 Å². The largest absolute Gasteiger partial charge is 0.492 e. The highest BCUT2D eigenvalue weighted by Crippen LogP contribution is 2.48. The van der Waals surface area contributed by atoms with Crippen molar-refractivity contribution in [1.29, 1.82) is 0 Å². The summed E-state index contributed by atoms with van der Waals surface area (Å²) < 4.78 is 16.6. The highest BCUT2D eigenvalue weighted by Gasteiger charge is 2.34. The van der Waals surface area contributed by atoms with Crippen molar-refractivity contribution >= 4 is 6.03 Å². The third-order valence-corrected chi connectivity index (χ3v) is 4.00. The molecule has 2 amide bonds. The molecule has 0 saturated carbocycles. The van der Waals surface area contributed by atoms with E-state index in [0.29, 0.717) is 23.8 Å². The molecule has 3 rings (SSSR count). The predicted molar refractivity (Wildman–Crippen MR) is 80.4 cm³/mol. The summed E-state index contributed by atoms with van der Waals surface area (Å²) in [5, 5.41) is 5.75. The van der Waals surface area contributed by atoms with Gasteiger partial charge in [0.25, 0.3) is 0 Å². The van der Waals surface area contributed by atoms with Crippen molar-refractivity contribution in [2.75, 3.05) is 34.0 Å². The van der Waals surface area contributed by atoms with Gasteiger partial charge in [0.15, 0.2) is 11.5 Å². The second kappa shape index (κ2) is 5.92. The van der Waals surface area contributed by atoms with Crippen LogP contribution in [0.1, 0.15) is 24.2 Å². The summed E-state index contributed by atoms with van der Waals surface area (Å²) in [6, 6.07) is 1.78. The first-order valence-electron chi connectivity index (χ1n) is 7.39. The minimum Gasteiger partial charge on any atom is -0.492 e. The Hall–Kier alpha value is -2.15. The van der Waals surface area contributed by atoms with Gasteiger partial charge in [0.2, 0.25) is 12.5 Å². The number of fused-ring (bicyclic) bond motifs is 2. The van der Waals surface area contributed by atoms with Gasteiger partial charge in [-0.15, -0.1) is 0 Å². The molecule has 1 atom stereocenters. The van der Waals surface area contributed by atoms with E-state index in [1.807, 2.05) is 20.0 Å². The summed E-state index contributed by atoms with van der Waals surface area (Å²) in [6.45, 7) is 3.50. The molecule has 0 bridgehead atoms.